The van der Waals surface area contributed by atoms with E-state index in [2.05, 4.69) is 4.99 Å². The van der Waals surface area contributed by atoms with Crippen LogP contribution in [0.3, 0.4) is 0 Å². The summed E-state index contributed by atoms with van der Waals surface area (Å²) in [6, 6.07) is 4.00. The molecule has 2 rings (SSSR count). The third-order valence-corrected chi connectivity index (χ3v) is 4.00. The molecular formula is C11H9Cl2F2N. The Morgan fingerprint density at radius 1 is 1.19 bits per heavy atom. The van der Waals surface area contributed by atoms with Crippen LogP contribution in [0.5, 0.6) is 0 Å². The summed E-state index contributed by atoms with van der Waals surface area (Å²) in [6.45, 7) is 3.12. The van der Waals surface area contributed by atoms with Crippen molar-refractivity contribution in [2.45, 2.75) is 23.7 Å². The molecule has 0 N–H and O–H groups in total. The Morgan fingerprint density at radius 3 is 2.44 bits per heavy atom. The highest BCUT2D eigenvalue weighted by Crippen LogP contribution is 2.50. The summed E-state index contributed by atoms with van der Waals surface area (Å²) in [5.74, 6) is -1.36. The van der Waals surface area contributed by atoms with E-state index in [1.54, 1.807) is 13.8 Å². The van der Waals surface area contributed by atoms with Crippen LogP contribution < -0.4 is 0 Å². The number of aliphatic imine (C=N–C) groups is 1. The zero-order valence-corrected chi connectivity index (χ0v) is 10.2. The van der Waals surface area contributed by atoms with Crippen molar-refractivity contribution < 1.29 is 8.78 Å². The minimum Gasteiger partial charge on any atom is -0.248 e. The second-order valence-corrected chi connectivity index (χ2v) is 5.53. The van der Waals surface area contributed by atoms with Gasteiger partial charge in [-0.2, -0.15) is 4.39 Å². The summed E-state index contributed by atoms with van der Waals surface area (Å²) in [6.07, 6.45) is 0. The highest BCUT2D eigenvalue weighted by atomic mass is 35.5. The monoisotopic (exact) mass is 263 g/mol. The first kappa shape index (κ1) is 11.8. The van der Waals surface area contributed by atoms with Crippen LogP contribution in [0.25, 0.3) is 0 Å². The normalized spacial score (nSPS) is 21.2. The third-order valence-electron chi connectivity index (χ3n) is 2.70. The highest BCUT2D eigenvalue weighted by Gasteiger charge is 2.50. The number of fused-ring (bicyclic) bond motifs is 1. The van der Waals surface area contributed by atoms with Crippen LogP contribution in [0.2, 0.25) is 0 Å². The zero-order valence-electron chi connectivity index (χ0n) is 8.69. The summed E-state index contributed by atoms with van der Waals surface area (Å²) >= 11 is 12.2. The van der Waals surface area contributed by atoms with Crippen molar-refractivity contribution in [3.8, 4) is 0 Å². The summed E-state index contributed by atoms with van der Waals surface area (Å²) in [7, 11) is 0. The number of nitrogens with zero attached hydrogens (tertiary/aromatic N) is 1. The number of halogens is 4. The Morgan fingerprint density at radius 2 is 1.81 bits per heavy atom. The number of benzene rings is 1. The molecule has 1 aromatic rings. The maximum Gasteiger partial charge on any atom is 0.216 e. The molecule has 1 nitrogen and oxygen atoms in total. The van der Waals surface area contributed by atoms with Gasteiger partial charge in [0.2, 0.25) is 5.97 Å². The average molecular weight is 264 g/mol. The number of hydrogen-bond donors (Lipinski definition) is 0. The van der Waals surface area contributed by atoms with Crippen molar-refractivity contribution in [1.82, 2.24) is 0 Å². The third kappa shape index (κ3) is 1.45. The maximum absolute atomic E-state index is 13.7. The molecule has 0 radical (unpaired) electrons. The fourth-order valence-corrected chi connectivity index (χ4v) is 2.17. The molecule has 1 aliphatic rings. The fourth-order valence-electron chi connectivity index (χ4n) is 1.70. The maximum atomic E-state index is 13.7. The number of rotatable bonds is 0. The molecule has 1 aliphatic heterocycles. The zero-order chi connectivity index (χ0) is 12.1. The van der Waals surface area contributed by atoms with Crippen LogP contribution in [-0.2, 0) is 4.33 Å². The van der Waals surface area contributed by atoms with E-state index in [1.165, 1.54) is 18.2 Å². The van der Waals surface area contributed by atoms with E-state index >= 15 is 0 Å². The van der Waals surface area contributed by atoms with Gasteiger partial charge in [0.25, 0.3) is 0 Å². The van der Waals surface area contributed by atoms with Crippen LogP contribution in [0.15, 0.2) is 23.2 Å². The van der Waals surface area contributed by atoms with Gasteiger partial charge in [0.05, 0.1) is 5.54 Å². The first-order chi connectivity index (χ1) is 7.27. The molecule has 86 valence electrons. The largest absolute Gasteiger partial charge is 0.248 e. The van der Waals surface area contributed by atoms with E-state index in [1.807, 2.05) is 0 Å². The standard InChI is InChI=1S/C11H9Cl2F2N/c1-10(2)11(12,13)8-6(9(15)16-10)4-3-5-7(8)14/h3-5H,1-2H3. The number of alkyl halides is 2. The van der Waals surface area contributed by atoms with E-state index in [0.29, 0.717) is 0 Å². The van der Waals surface area contributed by atoms with E-state index < -0.39 is 21.7 Å². The molecular weight excluding hydrogens is 255 g/mol. The van der Waals surface area contributed by atoms with E-state index in [0.717, 1.165) is 0 Å². The van der Waals surface area contributed by atoms with Gasteiger partial charge in [-0.05, 0) is 26.0 Å². The minimum absolute atomic E-state index is 0.0179. The van der Waals surface area contributed by atoms with Gasteiger partial charge in [-0.25, -0.2) is 9.38 Å². The Bertz CT molecular complexity index is 481. The molecule has 0 saturated carbocycles. The van der Waals surface area contributed by atoms with Gasteiger partial charge in [0, 0.05) is 11.1 Å². The van der Waals surface area contributed by atoms with Gasteiger partial charge < -0.3 is 0 Å². The molecule has 5 heteroatoms. The van der Waals surface area contributed by atoms with E-state index in [-0.39, 0.29) is 11.1 Å². The lowest BCUT2D eigenvalue weighted by Crippen LogP contribution is -2.42. The first-order valence-corrected chi connectivity index (χ1v) is 5.45. The van der Waals surface area contributed by atoms with Crippen LogP contribution >= 0.6 is 23.2 Å². The smallest absolute Gasteiger partial charge is 0.216 e. The van der Waals surface area contributed by atoms with Gasteiger partial charge in [-0.15, -0.1) is 0 Å². The van der Waals surface area contributed by atoms with Crippen molar-refractivity contribution >= 4 is 29.2 Å². The van der Waals surface area contributed by atoms with Crippen molar-refractivity contribution in [3.05, 3.63) is 35.1 Å². The summed E-state index contributed by atoms with van der Waals surface area (Å²) in [4.78, 5) is 3.77. The summed E-state index contributed by atoms with van der Waals surface area (Å²) in [5.41, 5.74) is -1.14. The molecule has 1 heterocycles. The van der Waals surface area contributed by atoms with Crippen molar-refractivity contribution in [2.24, 2.45) is 4.99 Å². The molecule has 0 aromatic heterocycles. The Labute approximate surface area is 102 Å². The summed E-state index contributed by atoms with van der Waals surface area (Å²) in [5, 5.41) is 0. The van der Waals surface area contributed by atoms with Crippen molar-refractivity contribution in [1.29, 1.82) is 0 Å². The molecule has 1 aromatic carbocycles. The molecule has 0 amide bonds. The van der Waals surface area contributed by atoms with E-state index in [9.17, 15) is 8.78 Å². The SMILES string of the molecule is CC1(C)N=C(F)c2cccc(F)c2C1(Cl)Cl. The molecule has 0 unspecified atom stereocenters. The van der Waals surface area contributed by atoms with Gasteiger partial charge in [0.1, 0.15) is 5.82 Å². The fraction of sp³-hybridized carbons (Fsp3) is 0.364. The van der Waals surface area contributed by atoms with Crippen molar-refractivity contribution in [2.75, 3.05) is 0 Å². The van der Waals surface area contributed by atoms with Crippen LogP contribution in [0, 0.1) is 5.82 Å². The predicted octanol–water partition coefficient (Wildman–Crippen LogP) is 3.96. The lowest BCUT2D eigenvalue weighted by atomic mass is 9.88. The Hall–Kier alpha value is -0.670. The Kier molecular flexibility index (Phi) is 2.52. The topological polar surface area (TPSA) is 12.4 Å². The summed E-state index contributed by atoms with van der Waals surface area (Å²) < 4.78 is 25.8. The number of hydrogen-bond acceptors (Lipinski definition) is 1. The lowest BCUT2D eigenvalue weighted by molar-refractivity contribution is 0.431. The molecule has 0 saturated heterocycles. The molecule has 0 atom stereocenters. The van der Waals surface area contributed by atoms with Gasteiger partial charge in [0.15, 0.2) is 4.33 Å². The first-order valence-electron chi connectivity index (χ1n) is 4.70. The molecule has 0 fully saturated rings. The quantitative estimate of drug-likeness (QED) is 0.629. The van der Waals surface area contributed by atoms with Crippen LogP contribution in [0.4, 0.5) is 8.78 Å². The molecule has 0 aliphatic carbocycles. The van der Waals surface area contributed by atoms with E-state index in [4.69, 9.17) is 23.2 Å². The molecule has 0 bridgehead atoms. The molecule has 0 spiro atoms. The Balaban J connectivity index is 2.81. The second-order valence-electron chi connectivity index (χ2n) is 4.20. The van der Waals surface area contributed by atoms with Crippen LogP contribution in [-0.4, -0.2) is 11.5 Å². The van der Waals surface area contributed by atoms with Gasteiger partial charge in [-0.1, -0.05) is 29.3 Å². The second kappa shape index (κ2) is 3.41. The van der Waals surface area contributed by atoms with Gasteiger partial charge >= 0.3 is 0 Å². The highest BCUT2D eigenvalue weighted by molar-refractivity contribution is 6.49. The molecule has 16 heavy (non-hydrogen) atoms. The predicted molar refractivity (Wildman–Crippen MR) is 61.5 cm³/mol. The van der Waals surface area contributed by atoms with Crippen LogP contribution in [0.1, 0.15) is 25.0 Å². The minimum atomic E-state index is -1.58. The average Bonchev–Trinajstić information content (AvgIpc) is 2.14. The van der Waals surface area contributed by atoms with Gasteiger partial charge in [-0.3, -0.25) is 0 Å². The lowest BCUT2D eigenvalue weighted by Gasteiger charge is -2.38. The van der Waals surface area contributed by atoms with Crippen molar-refractivity contribution in [3.63, 3.8) is 0 Å².